The number of benzene rings is 1. The Morgan fingerprint density at radius 2 is 1.88 bits per heavy atom. The summed E-state index contributed by atoms with van der Waals surface area (Å²) in [5, 5.41) is 0. The average molecular weight is 362 g/mol. The van der Waals surface area contributed by atoms with Gasteiger partial charge in [-0.1, -0.05) is 18.2 Å². The minimum atomic E-state index is -3.21. The molecule has 1 saturated heterocycles. The third-order valence-corrected chi connectivity index (χ3v) is 6.45. The summed E-state index contributed by atoms with van der Waals surface area (Å²) in [4.78, 5) is 14.9. The number of hydrogen-bond acceptors (Lipinski definition) is 3. The number of nitrogens with zero attached hydrogens (tertiary/aromatic N) is 2. The van der Waals surface area contributed by atoms with Crippen LogP contribution in [0.25, 0.3) is 0 Å². The molecule has 0 radical (unpaired) electrons. The minimum absolute atomic E-state index is 0.0564. The molecule has 1 heterocycles. The van der Waals surface area contributed by atoms with Crippen molar-refractivity contribution in [1.29, 1.82) is 0 Å². The Morgan fingerprint density at radius 1 is 1.20 bits per heavy atom. The monoisotopic (exact) mass is 362 g/mol. The number of carbonyl (C=O) groups excluding carboxylic acids is 1. The second-order valence-corrected chi connectivity index (χ2v) is 9.16. The van der Waals surface area contributed by atoms with E-state index >= 15 is 0 Å². The molecular formula is C19H26N2O3S. The molecule has 0 saturated carbocycles. The third-order valence-electron chi connectivity index (χ3n) is 5.19. The molecule has 1 aliphatic carbocycles. The van der Waals surface area contributed by atoms with E-state index in [0.29, 0.717) is 18.0 Å². The van der Waals surface area contributed by atoms with Crippen molar-refractivity contribution in [2.24, 2.45) is 5.92 Å². The molecule has 0 N–H and O–H groups in total. The Morgan fingerprint density at radius 3 is 2.56 bits per heavy atom. The fourth-order valence-electron chi connectivity index (χ4n) is 3.68. The quantitative estimate of drug-likeness (QED) is 0.827. The highest BCUT2D eigenvalue weighted by Gasteiger charge is 2.30. The Kier molecular flexibility index (Phi) is 5.29. The minimum Gasteiger partial charge on any atom is -0.312 e. The third kappa shape index (κ3) is 4.12. The lowest BCUT2D eigenvalue weighted by atomic mass is 9.84. The highest BCUT2D eigenvalue weighted by Crippen LogP contribution is 2.35. The number of fused-ring (bicyclic) bond motifs is 1. The SMILES string of the molecule is CN(Cc1ccc(C(=O)N2CCCC3CCCC=C32)cc1)S(C)(=O)=O. The van der Waals surface area contributed by atoms with E-state index in [4.69, 9.17) is 0 Å². The van der Waals surface area contributed by atoms with Gasteiger partial charge in [-0.15, -0.1) is 0 Å². The van der Waals surface area contributed by atoms with Gasteiger partial charge in [-0.2, -0.15) is 0 Å². The Balaban J connectivity index is 1.73. The number of hydrogen-bond donors (Lipinski definition) is 0. The molecular weight excluding hydrogens is 336 g/mol. The molecule has 1 aliphatic heterocycles. The highest BCUT2D eigenvalue weighted by atomic mass is 32.2. The smallest absolute Gasteiger partial charge is 0.258 e. The first kappa shape index (κ1) is 18.1. The number of amides is 1. The largest absolute Gasteiger partial charge is 0.312 e. The Hall–Kier alpha value is -1.66. The normalized spacial score (nSPS) is 21.0. The Labute approximate surface area is 150 Å². The predicted molar refractivity (Wildman–Crippen MR) is 98.4 cm³/mol. The molecule has 25 heavy (non-hydrogen) atoms. The van der Waals surface area contributed by atoms with Crippen LogP contribution >= 0.6 is 0 Å². The molecule has 136 valence electrons. The fraction of sp³-hybridized carbons (Fsp3) is 0.526. The summed E-state index contributed by atoms with van der Waals surface area (Å²) >= 11 is 0. The van der Waals surface area contributed by atoms with Crippen molar-refractivity contribution >= 4 is 15.9 Å². The van der Waals surface area contributed by atoms with Gasteiger partial charge in [0, 0.05) is 31.4 Å². The van der Waals surface area contributed by atoms with Gasteiger partial charge in [0.05, 0.1) is 6.26 Å². The number of piperidine rings is 1. The first-order chi connectivity index (χ1) is 11.9. The van der Waals surface area contributed by atoms with Crippen LogP contribution < -0.4 is 0 Å². The molecule has 0 bridgehead atoms. The fourth-order valence-corrected chi connectivity index (χ4v) is 4.06. The molecule has 3 rings (SSSR count). The topological polar surface area (TPSA) is 57.7 Å². The van der Waals surface area contributed by atoms with Gasteiger partial charge in [0.25, 0.3) is 5.91 Å². The van der Waals surface area contributed by atoms with Crippen LogP contribution in [0.15, 0.2) is 36.0 Å². The summed E-state index contributed by atoms with van der Waals surface area (Å²) in [5.74, 6) is 0.593. The van der Waals surface area contributed by atoms with E-state index in [1.54, 1.807) is 19.2 Å². The van der Waals surface area contributed by atoms with Crippen LogP contribution in [-0.2, 0) is 16.6 Å². The lowest BCUT2D eigenvalue weighted by Gasteiger charge is -2.38. The number of rotatable bonds is 4. The average Bonchev–Trinajstić information content (AvgIpc) is 2.60. The summed E-state index contributed by atoms with van der Waals surface area (Å²) in [6.45, 7) is 1.10. The van der Waals surface area contributed by atoms with Gasteiger partial charge in [0.1, 0.15) is 0 Å². The Bertz CT molecular complexity index is 768. The number of likely N-dealkylation sites (tertiary alicyclic amines) is 1. The molecule has 0 spiro atoms. The van der Waals surface area contributed by atoms with Crippen LogP contribution in [0, 0.1) is 5.92 Å². The van der Waals surface area contributed by atoms with Gasteiger partial charge in [0.15, 0.2) is 0 Å². The van der Waals surface area contributed by atoms with Crippen LogP contribution in [0.2, 0.25) is 0 Å². The van der Waals surface area contributed by atoms with Gasteiger partial charge < -0.3 is 4.90 Å². The predicted octanol–water partition coefficient (Wildman–Crippen LogP) is 3.00. The second kappa shape index (κ2) is 7.30. The van der Waals surface area contributed by atoms with E-state index in [0.717, 1.165) is 24.9 Å². The molecule has 5 nitrogen and oxygen atoms in total. The number of carbonyl (C=O) groups is 1. The van der Waals surface area contributed by atoms with Crippen molar-refractivity contribution in [3.8, 4) is 0 Å². The zero-order chi connectivity index (χ0) is 18.0. The van der Waals surface area contributed by atoms with Gasteiger partial charge in [-0.05, 0) is 55.7 Å². The van der Waals surface area contributed by atoms with E-state index in [1.165, 1.54) is 35.5 Å². The van der Waals surface area contributed by atoms with Crippen LogP contribution in [0.4, 0.5) is 0 Å². The van der Waals surface area contributed by atoms with Crippen LogP contribution in [0.1, 0.15) is 48.0 Å². The zero-order valence-corrected chi connectivity index (χ0v) is 15.8. The molecule has 1 aromatic rings. The van der Waals surface area contributed by atoms with E-state index in [9.17, 15) is 13.2 Å². The second-order valence-electron chi connectivity index (χ2n) is 7.07. The summed E-state index contributed by atoms with van der Waals surface area (Å²) < 4.78 is 24.3. The van der Waals surface area contributed by atoms with Crippen LogP contribution in [0.3, 0.4) is 0 Å². The van der Waals surface area contributed by atoms with Gasteiger partial charge in [-0.3, -0.25) is 4.79 Å². The molecule has 2 aliphatic rings. The van der Waals surface area contributed by atoms with Gasteiger partial charge >= 0.3 is 0 Å². The molecule has 1 amide bonds. The summed E-state index contributed by atoms with van der Waals surface area (Å²) in [7, 11) is -1.65. The first-order valence-corrected chi connectivity index (χ1v) is 10.7. The lowest BCUT2D eigenvalue weighted by Crippen LogP contribution is -2.39. The van der Waals surface area contributed by atoms with Crippen molar-refractivity contribution in [1.82, 2.24) is 9.21 Å². The molecule has 1 aromatic carbocycles. The molecule has 1 fully saturated rings. The summed E-state index contributed by atoms with van der Waals surface area (Å²) in [6.07, 6.45) is 9.14. The number of allylic oxidation sites excluding steroid dienone is 2. The van der Waals surface area contributed by atoms with Crippen molar-refractivity contribution in [3.63, 3.8) is 0 Å². The maximum absolute atomic E-state index is 12.9. The van der Waals surface area contributed by atoms with E-state index < -0.39 is 10.0 Å². The molecule has 1 atom stereocenters. The van der Waals surface area contributed by atoms with Crippen molar-refractivity contribution in [3.05, 3.63) is 47.2 Å². The van der Waals surface area contributed by atoms with Crippen molar-refractivity contribution in [2.45, 2.75) is 38.6 Å². The molecule has 1 unspecified atom stereocenters. The lowest BCUT2D eigenvalue weighted by molar-refractivity contribution is 0.0749. The van der Waals surface area contributed by atoms with Crippen molar-refractivity contribution in [2.75, 3.05) is 19.8 Å². The molecule has 0 aromatic heterocycles. The van der Waals surface area contributed by atoms with Crippen LogP contribution in [-0.4, -0.2) is 43.4 Å². The zero-order valence-electron chi connectivity index (χ0n) is 14.9. The van der Waals surface area contributed by atoms with E-state index in [1.807, 2.05) is 17.0 Å². The van der Waals surface area contributed by atoms with E-state index in [-0.39, 0.29) is 5.91 Å². The van der Waals surface area contributed by atoms with Crippen molar-refractivity contribution < 1.29 is 13.2 Å². The standard InChI is InChI=1S/C19H26N2O3S/c1-20(25(2,23)24)14-15-9-11-17(12-10-15)19(22)21-13-5-7-16-6-3-4-8-18(16)21/h8-12,16H,3-7,13-14H2,1-2H3. The van der Waals surface area contributed by atoms with E-state index in [2.05, 4.69) is 6.08 Å². The number of sulfonamides is 1. The summed E-state index contributed by atoms with van der Waals surface area (Å²) in [6, 6.07) is 7.29. The first-order valence-electron chi connectivity index (χ1n) is 8.88. The highest BCUT2D eigenvalue weighted by molar-refractivity contribution is 7.88. The summed E-state index contributed by atoms with van der Waals surface area (Å²) in [5.41, 5.74) is 2.75. The van der Waals surface area contributed by atoms with Gasteiger partial charge in [0.2, 0.25) is 10.0 Å². The maximum atomic E-state index is 12.9. The van der Waals surface area contributed by atoms with Gasteiger partial charge in [-0.25, -0.2) is 12.7 Å². The maximum Gasteiger partial charge on any atom is 0.258 e. The molecule has 6 heteroatoms. The van der Waals surface area contributed by atoms with Crippen LogP contribution in [0.5, 0.6) is 0 Å².